The van der Waals surface area contributed by atoms with Crippen LogP contribution in [0.2, 0.25) is 0 Å². The lowest BCUT2D eigenvalue weighted by molar-refractivity contribution is -0.175. The smallest absolute Gasteiger partial charge is 0.343 e. The van der Waals surface area contributed by atoms with Crippen molar-refractivity contribution in [1.29, 1.82) is 0 Å². The van der Waals surface area contributed by atoms with Crippen LogP contribution in [0.5, 0.6) is 0 Å². The van der Waals surface area contributed by atoms with Crippen molar-refractivity contribution in [3.05, 3.63) is 72.6 Å². The lowest BCUT2D eigenvalue weighted by Gasteiger charge is -2.37. The number of benzene rings is 2. The zero-order valence-corrected chi connectivity index (χ0v) is 25.3. The van der Waals surface area contributed by atoms with Crippen LogP contribution >= 0.6 is 35.9 Å². The van der Waals surface area contributed by atoms with E-state index < -0.39 is 11.6 Å². The predicted molar refractivity (Wildman–Crippen MR) is 163 cm³/mol. The van der Waals surface area contributed by atoms with Crippen LogP contribution in [0.3, 0.4) is 0 Å². The third-order valence-corrected chi connectivity index (χ3v) is 9.32. The maximum absolute atomic E-state index is 12.8. The van der Waals surface area contributed by atoms with E-state index in [-0.39, 0.29) is 24.9 Å². The summed E-state index contributed by atoms with van der Waals surface area (Å²) in [5, 5.41) is 11.6. The number of hydrogen-bond donors (Lipinski definition) is 1. The van der Waals surface area contributed by atoms with Crippen molar-refractivity contribution < 1.29 is 14.6 Å². The van der Waals surface area contributed by atoms with E-state index in [1.165, 1.54) is 16.2 Å². The Kier molecular flexibility index (Phi) is 11.9. The van der Waals surface area contributed by atoms with Gasteiger partial charge in [0.2, 0.25) is 0 Å². The first-order chi connectivity index (χ1) is 18.4. The molecule has 39 heavy (non-hydrogen) atoms. The second-order valence-electron chi connectivity index (χ2n) is 9.97. The molecule has 5 rings (SSSR count). The van der Waals surface area contributed by atoms with Gasteiger partial charge in [0.05, 0.1) is 13.2 Å². The van der Waals surface area contributed by atoms with E-state index in [0.29, 0.717) is 11.5 Å². The van der Waals surface area contributed by atoms with Crippen LogP contribution < -0.4 is 0 Å². The molecule has 0 bridgehead atoms. The number of esters is 1. The molecular weight excluding hydrogens is 546 g/mol. The fraction of sp³-hybridized carbons (Fsp3) is 0.406. The van der Waals surface area contributed by atoms with E-state index in [0.717, 1.165) is 42.0 Å². The Morgan fingerprint density at radius 1 is 1.00 bits per heavy atom. The second-order valence-corrected chi connectivity index (χ2v) is 12.1. The van der Waals surface area contributed by atoms with Gasteiger partial charge in [0.15, 0.2) is 5.60 Å². The average molecular weight is 584 g/mol. The highest BCUT2D eigenvalue weighted by molar-refractivity contribution is 8.05. The summed E-state index contributed by atoms with van der Waals surface area (Å²) in [6.07, 6.45) is 9.03. The molecule has 208 valence electrons. The molecule has 2 aromatic carbocycles. The van der Waals surface area contributed by atoms with Crippen molar-refractivity contribution in [2.45, 2.75) is 84.6 Å². The largest absolute Gasteiger partial charge is 0.464 e. The number of hydrogen-bond acceptors (Lipinski definition) is 5. The maximum Gasteiger partial charge on any atom is 0.343 e. The maximum atomic E-state index is 12.8. The SMILES string of the molecule is CC(C)C#CCn1cccc1.CCOC(=O)C(O)(c1ccc2c(c1)Sc1ccccc1S2)C1CCCCC1.Cl. The Bertz CT molecular complexity index is 1280. The molecule has 3 aromatic rings. The van der Waals surface area contributed by atoms with Crippen LogP contribution in [0, 0.1) is 23.7 Å². The number of nitrogens with zero attached hydrogens (tertiary/aromatic N) is 1. The average Bonchev–Trinajstić information content (AvgIpc) is 3.45. The van der Waals surface area contributed by atoms with Crippen LogP contribution in [-0.2, 0) is 21.7 Å². The first-order valence-corrected chi connectivity index (χ1v) is 15.1. The highest BCUT2D eigenvalue weighted by Gasteiger charge is 2.47. The quantitative estimate of drug-likeness (QED) is 0.189. The van der Waals surface area contributed by atoms with Gasteiger partial charge in [-0.3, -0.25) is 0 Å². The third-order valence-electron chi connectivity index (χ3n) is 6.77. The van der Waals surface area contributed by atoms with E-state index in [9.17, 15) is 9.90 Å². The van der Waals surface area contributed by atoms with E-state index >= 15 is 0 Å². The highest BCUT2D eigenvalue weighted by Crippen LogP contribution is 2.50. The van der Waals surface area contributed by atoms with Crippen LogP contribution in [0.25, 0.3) is 0 Å². The van der Waals surface area contributed by atoms with Crippen LogP contribution in [0.4, 0.5) is 0 Å². The number of carbonyl (C=O) groups is 1. The Balaban J connectivity index is 0.000000297. The molecular formula is C32H38ClNO3S2. The summed E-state index contributed by atoms with van der Waals surface area (Å²) in [6, 6.07) is 18.3. The topological polar surface area (TPSA) is 51.5 Å². The molecule has 0 amide bonds. The molecule has 4 nitrogen and oxygen atoms in total. The van der Waals surface area contributed by atoms with Crippen molar-refractivity contribution in [3.8, 4) is 11.8 Å². The number of aromatic nitrogens is 1. The van der Waals surface area contributed by atoms with Gasteiger partial charge in [-0.2, -0.15) is 0 Å². The van der Waals surface area contributed by atoms with Gasteiger partial charge in [-0.1, -0.05) is 86.7 Å². The Morgan fingerprint density at radius 3 is 2.23 bits per heavy atom. The van der Waals surface area contributed by atoms with E-state index in [4.69, 9.17) is 4.74 Å². The summed E-state index contributed by atoms with van der Waals surface area (Å²) in [5.41, 5.74) is -0.896. The second kappa shape index (κ2) is 14.9. The predicted octanol–water partition coefficient (Wildman–Crippen LogP) is 8.20. The van der Waals surface area contributed by atoms with Crippen LogP contribution in [0.1, 0.15) is 58.4 Å². The van der Waals surface area contributed by atoms with Crippen molar-refractivity contribution >= 4 is 41.9 Å². The van der Waals surface area contributed by atoms with Gasteiger partial charge in [0.1, 0.15) is 0 Å². The molecule has 0 spiro atoms. The molecule has 1 aliphatic carbocycles. The van der Waals surface area contributed by atoms with Gasteiger partial charge >= 0.3 is 5.97 Å². The Labute approximate surface area is 247 Å². The van der Waals surface area contributed by atoms with Crippen molar-refractivity contribution in [1.82, 2.24) is 4.57 Å². The minimum Gasteiger partial charge on any atom is -0.464 e. The molecule has 1 saturated carbocycles. The Hall–Kier alpha value is -2.30. The molecule has 1 aromatic heterocycles. The number of halogens is 1. The van der Waals surface area contributed by atoms with E-state index in [1.54, 1.807) is 30.4 Å². The van der Waals surface area contributed by atoms with Gasteiger partial charge in [0, 0.05) is 43.8 Å². The summed E-state index contributed by atoms with van der Waals surface area (Å²) in [7, 11) is 0. The summed E-state index contributed by atoms with van der Waals surface area (Å²) in [6.45, 7) is 7.07. The lowest BCUT2D eigenvalue weighted by atomic mass is 9.73. The van der Waals surface area contributed by atoms with Gasteiger partial charge < -0.3 is 14.4 Å². The van der Waals surface area contributed by atoms with E-state index in [2.05, 4.69) is 42.4 Å². The van der Waals surface area contributed by atoms with Gasteiger partial charge in [-0.05, 0) is 61.7 Å². The molecule has 1 N–H and O–H groups in total. The fourth-order valence-electron chi connectivity index (χ4n) is 4.86. The van der Waals surface area contributed by atoms with Crippen LogP contribution in [0.15, 0.2) is 86.6 Å². The van der Waals surface area contributed by atoms with Crippen molar-refractivity contribution in [3.63, 3.8) is 0 Å². The molecule has 1 fully saturated rings. The number of carbonyl (C=O) groups excluding carboxylic acids is 1. The Morgan fingerprint density at radius 2 is 1.62 bits per heavy atom. The minimum atomic E-state index is -1.56. The summed E-state index contributed by atoms with van der Waals surface area (Å²) >= 11 is 3.44. The monoisotopic (exact) mass is 583 g/mol. The van der Waals surface area contributed by atoms with Crippen molar-refractivity contribution in [2.24, 2.45) is 11.8 Å². The molecule has 1 aliphatic heterocycles. The van der Waals surface area contributed by atoms with Gasteiger partial charge in [0.25, 0.3) is 0 Å². The molecule has 1 unspecified atom stereocenters. The van der Waals surface area contributed by atoms with Crippen LogP contribution in [-0.4, -0.2) is 22.2 Å². The standard InChI is InChI=1S/C22H24O3S2.C10H13N.ClH/c1-2-25-21(23)22(24,15-8-4-3-5-9-15)16-12-13-19-20(14-16)27-18-11-7-6-10-17(18)26-19;1-10(2)6-5-9-11-7-3-4-8-11;/h6-7,10-15,24H,2-5,8-9H2,1H3;3-4,7-8,10H,9H2,1-2H3;1H. The zero-order chi connectivity index (χ0) is 27.0. The number of ether oxygens (including phenoxy) is 1. The summed E-state index contributed by atoms with van der Waals surface area (Å²) in [4.78, 5) is 17.6. The summed E-state index contributed by atoms with van der Waals surface area (Å²) in [5.74, 6) is 6.10. The van der Waals surface area contributed by atoms with Gasteiger partial charge in [-0.25, -0.2) is 4.79 Å². The number of fused-ring (bicyclic) bond motifs is 2. The molecule has 2 aliphatic rings. The number of rotatable bonds is 5. The highest BCUT2D eigenvalue weighted by atomic mass is 35.5. The lowest BCUT2D eigenvalue weighted by Crippen LogP contribution is -2.45. The molecule has 1 atom stereocenters. The molecule has 0 radical (unpaired) electrons. The summed E-state index contributed by atoms with van der Waals surface area (Å²) < 4.78 is 7.38. The van der Waals surface area contributed by atoms with Crippen molar-refractivity contribution in [2.75, 3.05) is 6.61 Å². The first kappa shape index (κ1) is 31.2. The van der Waals surface area contributed by atoms with E-state index in [1.807, 2.05) is 54.9 Å². The fourth-order valence-corrected chi connectivity index (χ4v) is 7.12. The normalized spacial score (nSPS) is 15.7. The number of aliphatic hydroxyl groups is 1. The first-order valence-electron chi connectivity index (χ1n) is 13.5. The molecule has 7 heteroatoms. The minimum absolute atomic E-state index is 0. The molecule has 0 saturated heterocycles. The molecule has 2 heterocycles. The van der Waals surface area contributed by atoms with Gasteiger partial charge in [-0.15, -0.1) is 12.4 Å². The third kappa shape index (κ3) is 7.89. The zero-order valence-electron chi connectivity index (χ0n) is 22.9.